The lowest BCUT2D eigenvalue weighted by Gasteiger charge is -2.31. The molecule has 1 N–H and O–H groups in total. The molecule has 1 aliphatic heterocycles. The Bertz CT molecular complexity index is 1170. The summed E-state index contributed by atoms with van der Waals surface area (Å²) in [4.78, 5) is 24.9. The van der Waals surface area contributed by atoms with Gasteiger partial charge in [-0.2, -0.15) is 4.31 Å². The number of sulfonamides is 1. The first-order valence-electron chi connectivity index (χ1n) is 11.1. The zero-order chi connectivity index (χ0) is 23.6. The lowest BCUT2D eigenvalue weighted by molar-refractivity contribution is -0.120. The van der Waals surface area contributed by atoms with Gasteiger partial charge in [-0.15, -0.1) is 0 Å². The number of rotatable bonds is 5. The molecular formula is C24H27ClN2O5S. The molecule has 0 unspecified atom stereocenters. The maximum absolute atomic E-state index is 13.2. The predicted octanol–water partition coefficient (Wildman–Crippen LogP) is 4.04. The minimum atomic E-state index is -3.59. The number of halogens is 1. The lowest BCUT2D eigenvalue weighted by atomic mass is 9.92. The molecule has 7 nitrogen and oxygen atoms in total. The Hall–Kier alpha value is -2.42. The Morgan fingerprint density at radius 1 is 1.03 bits per heavy atom. The van der Waals surface area contributed by atoms with Crippen LogP contribution in [0.4, 0.5) is 5.69 Å². The van der Waals surface area contributed by atoms with Crippen LogP contribution >= 0.6 is 11.6 Å². The zero-order valence-corrected chi connectivity index (χ0v) is 20.0. The van der Waals surface area contributed by atoms with Gasteiger partial charge >= 0.3 is 5.97 Å². The minimum Gasteiger partial charge on any atom is -0.465 e. The van der Waals surface area contributed by atoms with Gasteiger partial charge in [-0.1, -0.05) is 17.7 Å². The van der Waals surface area contributed by atoms with Crippen LogP contribution in [-0.4, -0.2) is 44.8 Å². The third-order valence-electron chi connectivity index (χ3n) is 6.42. The standard InChI is InChI=1S/C24H27ClN2O5S/c1-32-24(29)21-15-19(7-9-22(21)25)26-23(28)17-10-12-27(13-11-17)33(30,31)20-8-6-16-4-2-3-5-18(16)14-20/h6-9,14-15,17H,2-5,10-13H2,1H3,(H,26,28). The number of ether oxygens (including phenoxy) is 1. The molecule has 176 valence electrons. The first-order valence-corrected chi connectivity index (χ1v) is 12.9. The summed E-state index contributed by atoms with van der Waals surface area (Å²) >= 11 is 6.03. The van der Waals surface area contributed by atoms with E-state index >= 15 is 0 Å². The molecule has 9 heteroatoms. The third kappa shape index (κ3) is 5.08. The van der Waals surface area contributed by atoms with Crippen LogP contribution in [0.1, 0.15) is 47.2 Å². The summed E-state index contributed by atoms with van der Waals surface area (Å²) in [5.74, 6) is -1.12. The van der Waals surface area contributed by atoms with Crippen molar-refractivity contribution in [3.8, 4) is 0 Å². The summed E-state index contributed by atoms with van der Waals surface area (Å²) in [7, 11) is -2.33. The van der Waals surface area contributed by atoms with E-state index in [2.05, 4.69) is 5.32 Å². The van der Waals surface area contributed by atoms with Crippen LogP contribution in [-0.2, 0) is 32.4 Å². The Labute approximate surface area is 199 Å². The van der Waals surface area contributed by atoms with Gasteiger partial charge < -0.3 is 10.1 Å². The summed E-state index contributed by atoms with van der Waals surface area (Å²) in [5, 5.41) is 3.04. The van der Waals surface area contributed by atoms with Crippen LogP contribution < -0.4 is 5.32 Å². The number of fused-ring (bicyclic) bond motifs is 1. The highest BCUT2D eigenvalue weighted by molar-refractivity contribution is 7.89. The molecule has 1 heterocycles. The molecule has 1 saturated heterocycles. The van der Waals surface area contributed by atoms with Gasteiger partial charge in [0.15, 0.2) is 0 Å². The molecule has 1 amide bonds. The number of nitrogens with zero attached hydrogens (tertiary/aromatic N) is 1. The Kier molecular flexibility index (Phi) is 7.07. The Balaban J connectivity index is 1.39. The van der Waals surface area contributed by atoms with Crippen molar-refractivity contribution in [1.29, 1.82) is 0 Å². The van der Waals surface area contributed by atoms with Crippen molar-refractivity contribution in [1.82, 2.24) is 4.31 Å². The number of esters is 1. The molecule has 2 aromatic carbocycles. The fourth-order valence-corrected chi connectivity index (χ4v) is 6.21. The number of hydrogen-bond acceptors (Lipinski definition) is 5. The van der Waals surface area contributed by atoms with E-state index in [4.69, 9.17) is 16.3 Å². The Morgan fingerprint density at radius 2 is 1.73 bits per heavy atom. The topological polar surface area (TPSA) is 92.8 Å². The maximum atomic E-state index is 13.2. The number of amides is 1. The number of carbonyl (C=O) groups excluding carboxylic acids is 2. The number of carbonyl (C=O) groups is 2. The van der Waals surface area contributed by atoms with Gasteiger partial charge in [0.25, 0.3) is 0 Å². The van der Waals surface area contributed by atoms with E-state index in [1.54, 1.807) is 12.1 Å². The van der Waals surface area contributed by atoms with Crippen molar-refractivity contribution in [2.24, 2.45) is 5.92 Å². The van der Waals surface area contributed by atoms with E-state index in [9.17, 15) is 18.0 Å². The highest BCUT2D eigenvalue weighted by Crippen LogP contribution is 2.29. The average molecular weight is 491 g/mol. The molecule has 0 aromatic heterocycles. The molecular weight excluding hydrogens is 464 g/mol. The Morgan fingerprint density at radius 3 is 2.42 bits per heavy atom. The van der Waals surface area contributed by atoms with Gasteiger partial charge in [-0.05, 0) is 80.0 Å². The van der Waals surface area contributed by atoms with Gasteiger partial charge in [0, 0.05) is 24.7 Å². The second-order valence-electron chi connectivity index (χ2n) is 8.49. The number of methoxy groups -OCH3 is 1. The molecule has 33 heavy (non-hydrogen) atoms. The van der Waals surface area contributed by atoms with E-state index < -0.39 is 16.0 Å². The molecule has 2 aliphatic rings. The number of hydrogen-bond donors (Lipinski definition) is 1. The number of aryl methyl sites for hydroxylation is 2. The van der Waals surface area contributed by atoms with Gasteiger partial charge in [0.1, 0.15) is 0 Å². The zero-order valence-electron chi connectivity index (χ0n) is 18.5. The molecule has 0 radical (unpaired) electrons. The monoisotopic (exact) mass is 490 g/mol. The van der Waals surface area contributed by atoms with E-state index in [1.165, 1.54) is 29.1 Å². The summed E-state index contributed by atoms with van der Waals surface area (Å²) in [5.41, 5.74) is 2.98. The van der Waals surface area contributed by atoms with Crippen molar-refractivity contribution in [2.75, 3.05) is 25.5 Å². The van der Waals surface area contributed by atoms with Crippen LogP contribution in [0.25, 0.3) is 0 Å². The van der Waals surface area contributed by atoms with Crippen LogP contribution in [0, 0.1) is 5.92 Å². The quantitative estimate of drug-likeness (QED) is 0.638. The molecule has 1 fully saturated rings. The molecule has 1 aliphatic carbocycles. The summed E-state index contributed by atoms with van der Waals surface area (Å²) in [6.07, 6.45) is 5.01. The second-order valence-corrected chi connectivity index (χ2v) is 10.8. The van der Waals surface area contributed by atoms with E-state index in [1.807, 2.05) is 12.1 Å². The fourth-order valence-electron chi connectivity index (χ4n) is 4.49. The highest BCUT2D eigenvalue weighted by atomic mass is 35.5. The minimum absolute atomic E-state index is 0.169. The van der Waals surface area contributed by atoms with Crippen molar-refractivity contribution in [2.45, 2.75) is 43.4 Å². The molecule has 4 rings (SSSR count). The van der Waals surface area contributed by atoms with Gasteiger partial charge in [-0.25, -0.2) is 13.2 Å². The van der Waals surface area contributed by atoms with E-state index in [0.29, 0.717) is 23.4 Å². The number of piperidine rings is 1. The average Bonchev–Trinajstić information content (AvgIpc) is 2.84. The predicted molar refractivity (Wildman–Crippen MR) is 126 cm³/mol. The number of benzene rings is 2. The molecule has 2 aromatic rings. The first kappa shape index (κ1) is 23.7. The van der Waals surface area contributed by atoms with Crippen molar-refractivity contribution in [3.63, 3.8) is 0 Å². The van der Waals surface area contributed by atoms with E-state index in [-0.39, 0.29) is 35.5 Å². The van der Waals surface area contributed by atoms with E-state index in [0.717, 1.165) is 31.2 Å². The normalized spacial score (nSPS) is 17.3. The first-order chi connectivity index (χ1) is 15.8. The van der Waals surface area contributed by atoms with Gasteiger partial charge in [0.05, 0.1) is 22.6 Å². The van der Waals surface area contributed by atoms with Crippen molar-refractivity contribution < 1.29 is 22.7 Å². The largest absolute Gasteiger partial charge is 0.465 e. The molecule has 0 atom stereocenters. The van der Waals surface area contributed by atoms with Crippen molar-refractivity contribution in [3.05, 3.63) is 58.1 Å². The SMILES string of the molecule is COC(=O)c1cc(NC(=O)C2CCN(S(=O)(=O)c3ccc4c(c3)CCCC4)CC2)ccc1Cl. The summed E-state index contributed by atoms with van der Waals surface area (Å²) in [6, 6.07) is 10.1. The molecule has 0 saturated carbocycles. The molecule has 0 spiro atoms. The van der Waals surface area contributed by atoms with Crippen LogP contribution in [0.2, 0.25) is 5.02 Å². The highest BCUT2D eigenvalue weighted by Gasteiger charge is 2.32. The fraction of sp³-hybridized carbons (Fsp3) is 0.417. The molecule has 0 bridgehead atoms. The van der Waals surface area contributed by atoms with Gasteiger partial charge in [-0.3, -0.25) is 4.79 Å². The number of anilines is 1. The third-order valence-corrected chi connectivity index (χ3v) is 8.65. The van der Waals surface area contributed by atoms with Crippen LogP contribution in [0.3, 0.4) is 0 Å². The maximum Gasteiger partial charge on any atom is 0.339 e. The summed E-state index contributed by atoms with van der Waals surface area (Å²) < 4.78 is 32.5. The second kappa shape index (κ2) is 9.83. The number of nitrogens with one attached hydrogen (secondary N) is 1. The lowest BCUT2D eigenvalue weighted by Crippen LogP contribution is -2.41. The van der Waals surface area contributed by atoms with Crippen LogP contribution in [0.5, 0.6) is 0 Å². The smallest absolute Gasteiger partial charge is 0.339 e. The van der Waals surface area contributed by atoms with Crippen LogP contribution in [0.15, 0.2) is 41.3 Å². The summed E-state index contributed by atoms with van der Waals surface area (Å²) in [6.45, 7) is 0.567. The van der Waals surface area contributed by atoms with Gasteiger partial charge in [0.2, 0.25) is 15.9 Å². The van der Waals surface area contributed by atoms with Crippen molar-refractivity contribution >= 4 is 39.2 Å².